The molecule has 2 fully saturated rings. The van der Waals surface area contributed by atoms with Crippen LogP contribution in [0.1, 0.15) is 18.1 Å². The lowest BCUT2D eigenvalue weighted by molar-refractivity contribution is -0.126. The number of ether oxygens (including phenoxy) is 2. The van der Waals surface area contributed by atoms with Gasteiger partial charge in [-0.1, -0.05) is 23.5 Å². The second-order valence-corrected chi connectivity index (χ2v) is 9.37. The van der Waals surface area contributed by atoms with Crippen LogP contribution in [0.25, 0.3) is 0 Å². The Labute approximate surface area is 206 Å². The monoisotopic (exact) mass is 497 g/mol. The Morgan fingerprint density at radius 2 is 1.97 bits per heavy atom. The molecular weight excluding hydrogens is 470 g/mol. The summed E-state index contributed by atoms with van der Waals surface area (Å²) in [6.07, 6.45) is 3.58. The van der Waals surface area contributed by atoms with Crippen LogP contribution in [0.15, 0.2) is 36.7 Å². The molecule has 12 nitrogen and oxygen atoms in total. The number of amides is 1. The lowest BCUT2D eigenvalue weighted by Gasteiger charge is -2.40. The molecule has 0 aliphatic carbocycles. The van der Waals surface area contributed by atoms with Crippen molar-refractivity contribution < 1.29 is 14.3 Å². The lowest BCUT2D eigenvalue weighted by atomic mass is 10.0. The van der Waals surface area contributed by atoms with Gasteiger partial charge < -0.3 is 24.6 Å². The Morgan fingerprint density at radius 3 is 2.74 bits per heavy atom. The molecule has 5 rings (SSSR count). The summed E-state index contributed by atoms with van der Waals surface area (Å²) >= 11 is 1.29. The van der Waals surface area contributed by atoms with E-state index in [-0.39, 0.29) is 18.1 Å². The van der Waals surface area contributed by atoms with Crippen molar-refractivity contribution in [1.82, 2.24) is 25.4 Å². The zero-order chi connectivity index (χ0) is 24.2. The number of carbonyl (C=O) groups is 1. The zero-order valence-electron chi connectivity index (χ0n) is 19.5. The maximum atomic E-state index is 13.0. The van der Waals surface area contributed by atoms with Crippen molar-refractivity contribution in [2.24, 2.45) is 0 Å². The third-order valence-electron chi connectivity index (χ3n) is 6.12. The summed E-state index contributed by atoms with van der Waals surface area (Å²) in [6, 6.07) is 7.98. The van der Waals surface area contributed by atoms with E-state index in [1.165, 1.54) is 18.4 Å². The molecule has 0 spiro atoms. The number of methoxy groups -OCH3 is 2. The maximum Gasteiger partial charge on any atom is 0.259 e. The van der Waals surface area contributed by atoms with Crippen LogP contribution in [0, 0.1) is 0 Å². The molecule has 3 aromatic rings. The van der Waals surface area contributed by atoms with Crippen LogP contribution in [0.2, 0.25) is 0 Å². The first-order valence-corrected chi connectivity index (χ1v) is 12.1. The van der Waals surface area contributed by atoms with Crippen LogP contribution in [0.4, 0.5) is 21.9 Å². The number of nitrogens with one attached hydrogen (secondary N) is 2. The minimum atomic E-state index is -0.766. The maximum absolute atomic E-state index is 13.0. The third kappa shape index (κ3) is 5.31. The van der Waals surface area contributed by atoms with Crippen molar-refractivity contribution in [1.29, 1.82) is 0 Å². The molecule has 0 bridgehead atoms. The van der Waals surface area contributed by atoms with E-state index in [0.717, 1.165) is 43.9 Å². The zero-order valence-corrected chi connectivity index (χ0v) is 20.3. The van der Waals surface area contributed by atoms with Gasteiger partial charge in [0.05, 0.1) is 18.5 Å². The second kappa shape index (κ2) is 10.5. The third-order valence-corrected chi connectivity index (χ3v) is 6.89. The number of hydrogen-bond donors (Lipinski definition) is 2. The molecule has 0 saturated carbocycles. The summed E-state index contributed by atoms with van der Waals surface area (Å²) in [5, 5.41) is 23.5. The molecule has 2 atom stereocenters. The van der Waals surface area contributed by atoms with E-state index >= 15 is 0 Å². The first-order valence-electron chi connectivity index (χ1n) is 11.3. The molecule has 2 aromatic heterocycles. The molecule has 2 N–H and O–H groups in total. The molecule has 0 unspecified atom stereocenters. The molecule has 0 radical (unpaired) electrons. The number of aromatic nitrogens is 5. The van der Waals surface area contributed by atoms with Gasteiger partial charge >= 0.3 is 0 Å². The minimum absolute atomic E-state index is 0.170. The summed E-state index contributed by atoms with van der Waals surface area (Å²) in [7, 11) is 3.24. The normalized spacial score (nSPS) is 18.9. The van der Waals surface area contributed by atoms with Gasteiger partial charge in [0.25, 0.3) is 5.91 Å². The predicted octanol–water partition coefficient (Wildman–Crippen LogP) is 1.58. The number of benzene rings is 1. The van der Waals surface area contributed by atoms with Gasteiger partial charge in [-0.2, -0.15) is 5.10 Å². The summed E-state index contributed by atoms with van der Waals surface area (Å²) < 4.78 is 10.9. The predicted molar refractivity (Wildman–Crippen MR) is 132 cm³/mol. The summed E-state index contributed by atoms with van der Waals surface area (Å²) in [5.74, 6) is 0.316. The van der Waals surface area contributed by atoms with Gasteiger partial charge in [0, 0.05) is 52.1 Å². The highest BCUT2D eigenvalue weighted by atomic mass is 32.1. The molecule has 35 heavy (non-hydrogen) atoms. The van der Waals surface area contributed by atoms with Crippen LogP contribution < -0.4 is 20.4 Å². The fourth-order valence-electron chi connectivity index (χ4n) is 4.20. The van der Waals surface area contributed by atoms with Crippen LogP contribution >= 0.6 is 11.3 Å². The highest BCUT2D eigenvalue weighted by Crippen LogP contribution is 2.29. The Hall–Kier alpha value is -3.42. The van der Waals surface area contributed by atoms with Gasteiger partial charge in [-0.3, -0.25) is 10.1 Å². The van der Waals surface area contributed by atoms with Crippen molar-refractivity contribution in [2.75, 3.05) is 60.8 Å². The van der Waals surface area contributed by atoms with Gasteiger partial charge in [0.2, 0.25) is 16.2 Å². The number of carbonyl (C=O) groups excluding carboxylic acids is 1. The van der Waals surface area contributed by atoms with Crippen LogP contribution in [0.3, 0.4) is 0 Å². The van der Waals surface area contributed by atoms with E-state index in [1.54, 1.807) is 19.5 Å². The van der Waals surface area contributed by atoms with Crippen molar-refractivity contribution in [3.8, 4) is 0 Å². The first kappa shape index (κ1) is 23.3. The number of rotatable bonds is 9. The van der Waals surface area contributed by atoms with Gasteiger partial charge in [-0.25, -0.2) is 4.98 Å². The first-order chi connectivity index (χ1) is 17.1. The van der Waals surface area contributed by atoms with E-state index in [4.69, 9.17) is 9.47 Å². The van der Waals surface area contributed by atoms with Crippen molar-refractivity contribution in [3.05, 3.63) is 42.2 Å². The quantitative estimate of drug-likeness (QED) is 0.447. The van der Waals surface area contributed by atoms with E-state index < -0.39 is 6.10 Å². The van der Waals surface area contributed by atoms with Crippen LogP contribution in [0.5, 0.6) is 0 Å². The fourth-order valence-corrected chi connectivity index (χ4v) is 4.92. The van der Waals surface area contributed by atoms with Crippen molar-refractivity contribution in [3.63, 3.8) is 0 Å². The van der Waals surface area contributed by atoms with Crippen molar-refractivity contribution in [2.45, 2.75) is 24.7 Å². The van der Waals surface area contributed by atoms with Gasteiger partial charge in [0.1, 0.15) is 0 Å². The minimum Gasteiger partial charge on any atom is -0.378 e. The highest BCUT2D eigenvalue weighted by molar-refractivity contribution is 7.19. The average Bonchev–Trinajstić information content (AvgIpc) is 3.50. The second-order valence-electron chi connectivity index (χ2n) is 8.39. The van der Waals surface area contributed by atoms with E-state index in [2.05, 4.69) is 45.8 Å². The summed E-state index contributed by atoms with van der Waals surface area (Å²) in [5.41, 5.74) is 1.81. The summed E-state index contributed by atoms with van der Waals surface area (Å²) in [6.45, 7) is 3.22. The number of anilines is 4. The number of nitrogens with zero attached hydrogens (tertiary/aromatic N) is 7. The molecule has 2 aliphatic rings. The Balaban J connectivity index is 1.17. The molecule has 1 aromatic carbocycles. The lowest BCUT2D eigenvalue weighted by Crippen LogP contribution is -2.51. The molecule has 1 amide bonds. The number of hydrogen-bond acceptors (Lipinski definition) is 12. The van der Waals surface area contributed by atoms with Gasteiger partial charge in [-0.15, -0.1) is 15.3 Å². The molecule has 184 valence electrons. The van der Waals surface area contributed by atoms with Crippen LogP contribution in [-0.4, -0.2) is 83.8 Å². The molecule has 2 aliphatic heterocycles. The van der Waals surface area contributed by atoms with Crippen LogP contribution in [-0.2, 0) is 14.3 Å². The van der Waals surface area contributed by atoms with E-state index in [0.29, 0.717) is 16.2 Å². The van der Waals surface area contributed by atoms with E-state index in [1.807, 2.05) is 24.3 Å². The molecule has 4 heterocycles. The SMILES string of the molecule is COC1CN(c2cccc([C@@H](OC)C(=O)Nc3nnc(N[C@@H]4CCN(c5nccnn5)C4)s3)c2)C1. The largest absolute Gasteiger partial charge is 0.378 e. The topological polar surface area (TPSA) is 131 Å². The van der Waals surface area contributed by atoms with E-state index in [9.17, 15) is 4.79 Å². The highest BCUT2D eigenvalue weighted by Gasteiger charge is 2.29. The fraction of sp³-hybridized carbons (Fsp3) is 0.455. The van der Waals surface area contributed by atoms with Gasteiger partial charge in [-0.05, 0) is 24.1 Å². The smallest absolute Gasteiger partial charge is 0.259 e. The molecule has 13 heteroatoms. The Morgan fingerprint density at radius 1 is 1.11 bits per heavy atom. The summed E-state index contributed by atoms with van der Waals surface area (Å²) in [4.78, 5) is 21.5. The average molecular weight is 498 g/mol. The molecule has 2 saturated heterocycles. The Bertz CT molecular complexity index is 1140. The molecular formula is C22H27N9O3S. The van der Waals surface area contributed by atoms with Gasteiger partial charge in [0.15, 0.2) is 6.10 Å². The Kier molecular flexibility index (Phi) is 6.97. The van der Waals surface area contributed by atoms with Crippen molar-refractivity contribution >= 4 is 39.1 Å². The standard InChI is InChI=1S/C22H27N9O3S/c1-33-17-12-31(13-17)16-5-3-4-14(10-16)18(34-2)19(32)26-22-29-28-21(35-22)25-15-6-9-30(11-15)20-23-7-8-24-27-20/h3-5,7-8,10,15,17-18H,6,9,11-13H2,1-2H3,(H,25,28)(H,26,29,32)/t15-,18-/m1/s1.